The van der Waals surface area contributed by atoms with Crippen molar-refractivity contribution < 1.29 is 22.8 Å². The zero-order valence-corrected chi connectivity index (χ0v) is 9.54. The normalized spacial score (nSPS) is 19.8. The first-order valence-corrected chi connectivity index (χ1v) is 5.34. The van der Waals surface area contributed by atoms with E-state index in [4.69, 9.17) is 0 Å². The number of imide groups is 1. The monoisotopic (exact) mass is 257 g/mol. The highest BCUT2D eigenvalue weighted by Gasteiger charge is 2.36. The Bertz CT molecular complexity index is 530. The van der Waals surface area contributed by atoms with Gasteiger partial charge >= 0.3 is 0 Å². The fraction of sp³-hybridized carbons (Fsp3) is 0.333. The summed E-state index contributed by atoms with van der Waals surface area (Å²) >= 11 is 0. The van der Waals surface area contributed by atoms with Gasteiger partial charge in [-0.3, -0.25) is 14.5 Å². The van der Waals surface area contributed by atoms with Crippen molar-refractivity contribution in [2.45, 2.75) is 12.8 Å². The van der Waals surface area contributed by atoms with Crippen LogP contribution in [0.25, 0.3) is 0 Å². The van der Waals surface area contributed by atoms with E-state index in [1.807, 2.05) is 0 Å². The maximum atomic E-state index is 13.4. The number of carbonyl (C=O) groups excluding carboxylic acids is 2. The smallest absolute Gasteiger partial charge is 0.232 e. The molecule has 2 rings (SSSR count). The van der Waals surface area contributed by atoms with E-state index in [1.54, 1.807) is 0 Å². The lowest BCUT2D eigenvalue weighted by molar-refractivity contribution is -0.137. The molecule has 0 aromatic heterocycles. The van der Waals surface area contributed by atoms with Crippen molar-refractivity contribution in [2.75, 3.05) is 7.05 Å². The first kappa shape index (κ1) is 12.6. The zero-order chi connectivity index (χ0) is 13.4. The number of hydrogen-bond acceptors (Lipinski definition) is 2. The van der Waals surface area contributed by atoms with Crippen LogP contribution in [0.5, 0.6) is 0 Å². The van der Waals surface area contributed by atoms with Gasteiger partial charge in [-0.1, -0.05) is 6.07 Å². The van der Waals surface area contributed by atoms with Gasteiger partial charge in [-0.25, -0.2) is 13.2 Å². The highest BCUT2D eigenvalue weighted by molar-refractivity contribution is 6.03. The van der Waals surface area contributed by atoms with E-state index < -0.39 is 29.3 Å². The topological polar surface area (TPSA) is 37.4 Å². The van der Waals surface area contributed by atoms with Crippen molar-refractivity contribution in [3.63, 3.8) is 0 Å². The summed E-state index contributed by atoms with van der Waals surface area (Å²) in [6.45, 7) is 0. The first-order chi connectivity index (χ1) is 8.41. The van der Waals surface area contributed by atoms with Crippen LogP contribution in [0.1, 0.15) is 12.0 Å². The lowest BCUT2D eigenvalue weighted by Crippen LogP contribution is -2.26. The Hall–Kier alpha value is -1.85. The second kappa shape index (κ2) is 4.44. The SMILES string of the molecule is CN1C(=O)CC(Cc2ccc(F)c(F)c2F)C1=O. The highest BCUT2D eigenvalue weighted by atomic mass is 19.2. The molecule has 1 fully saturated rings. The molecular weight excluding hydrogens is 247 g/mol. The van der Waals surface area contributed by atoms with Gasteiger partial charge in [-0.15, -0.1) is 0 Å². The summed E-state index contributed by atoms with van der Waals surface area (Å²) in [5.41, 5.74) is -0.102. The van der Waals surface area contributed by atoms with Gasteiger partial charge < -0.3 is 0 Å². The van der Waals surface area contributed by atoms with E-state index in [1.165, 1.54) is 7.05 Å². The van der Waals surface area contributed by atoms with Gasteiger partial charge in [0.15, 0.2) is 17.5 Å². The van der Waals surface area contributed by atoms with Gasteiger partial charge in [-0.2, -0.15) is 0 Å². The third kappa shape index (κ3) is 1.98. The molecule has 18 heavy (non-hydrogen) atoms. The molecule has 1 heterocycles. The third-order valence-electron chi connectivity index (χ3n) is 3.06. The summed E-state index contributed by atoms with van der Waals surface area (Å²) in [5, 5.41) is 0. The lowest BCUT2D eigenvalue weighted by Gasteiger charge is -2.10. The Morgan fingerprint density at radius 3 is 2.44 bits per heavy atom. The predicted molar refractivity (Wildman–Crippen MR) is 55.9 cm³/mol. The summed E-state index contributed by atoms with van der Waals surface area (Å²) in [7, 11) is 1.34. The Balaban J connectivity index is 2.23. The number of likely N-dealkylation sites (tertiary alicyclic amines) is 1. The minimum Gasteiger partial charge on any atom is -0.285 e. The quantitative estimate of drug-likeness (QED) is 0.596. The molecule has 1 aromatic carbocycles. The predicted octanol–water partition coefficient (Wildman–Crippen LogP) is 1.65. The number of benzene rings is 1. The summed E-state index contributed by atoms with van der Waals surface area (Å²) in [6.07, 6.45) is -0.147. The minimum absolute atomic E-state index is 0.0340. The van der Waals surface area contributed by atoms with Crippen LogP contribution in [0.15, 0.2) is 12.1 Å². The largest absolute Gasteiger partial charge is 0.285 e. The molecule has 6 heteroatoms. The second-order valence-corrected chi connectivity index (χ2v) is 4.23. The van der Waals surface area contributed by atoms with Crippen LogP contribution < -0.4 is 0 Å². The maximum Gasteiger partial charge on any atom is 0.232 e. The standard InChI is InChI=1S/C12H10F3NO2/c1-16-9(17)5-7(12(16)18)4-6-2-3-8(13)11(15)10(6)14/h2-3,7H,4-5H2,1H3. The molecule has 1 saturated heterocycles. The van der Waals surface area contributed by atoms with Crippen LogP contribution in [0, 0.1) is 23.4 Å². The van der Waals surface area contributed by atoms with Crippen LogP contribution >= 0.6 is 0 Å². The van der Waals surface area contributed by atoms with Crippen molar-refractivity contribution in [1.82, 2.24) is 4.90 Å². The molecule has 0 spiro atoms. The van der Waals surface area contributed by atoms with E-state index in [-0.39, 0.29) is 24.3 Å². The van der Waals surface area contributed by atoms with E-state index in [2.05, 4.69) is 0 Å². The van der Waals surface area contributed by atoms with E-state index >= 15 is 0 Å². The summed E-state index contributed by atoms with van der Waals surface area (Å²) < 4.78 is 39.1. The Morgan fingerprint density at radius 2 is 1.89 bits per heavy atom. The molecule has 1 aromatic rings. The number of rotatable bonds is 2. The molecule has 1 aliphatic rings. The van der Waals surface area contributed by atoms with Crippen molar-refractivity contribution in [3.05, 3.63) is 35.1 Å². The zero-order valence-electron chi connectivity index (χ0n) is 9.54. The minimum atomic E-state index is -1.56. The average Bonchev–Trinajstić information content (AvgIpc) is 2.58. The number of carbonyl (C=O) groups is 2. The molecule has 0 aliphatic carbocycles. The first-order valence-electron chi connectivity index (χ1n) is 5.34. The molecule has 1 aliphatic heterocycles. The van der Waals surface area contributed by atoms with Crippen molar-refractivity contribution in [3.8, 4) is 0 Å². The van der Waals surface area contributed by atoms with Crippen molar-refractivity contribution in [1.29, 1.82) is 0 Å². The average molecular weight is 257 g/mol. The fourth-order valence-electron chi connectivity index (χ4n) is 1.98. The molecule has 0 N–H and O–H groups in total. The molecule has 0 saturated carbocycles. The molecule has 96 valence electrons. The second-order valence-electron chi connectivity index (χ2n) is 4.23. The molecule has 3 nitrogen and oxygen atoms in total. The van der Waals surface area contributed by atoms with Gasteiger partial charge in [0.05, 0.1) is 5.92 Å². The maximum absolute atomic E-state index is 13.4. The fourth-order valence-corrected chi connectivity index (χ4v) is 1.98. The van der Waals surface area contributed by atoms with E-state index in [9.17, 15) is 22.8 Å². The van der Waals surface area contributed by atoms with Crippen LogP contribution in [-0.2, 0) is 16.0 Å². The molecule has 2 amide bonds. The van der Waals surface area contributed by atoms with Crippen molar-refractivity contribution >= 4 is 11.8 Å². The van der Waals surface area contributed by atoms with Gasteiger partial charge in [0, 0.05) is 13.5 Å². The molecule has 1 atom stereocenters. The van der Waals surface area contributed by atoms with Crippen LogP contribution in [0.2, 0.25) is 0 Å². The Morgan fingerprint density at radius 1 is 1.22 bits per heavy atom. The number of halogens is 3. The molecule has 0 bridgehead atoms. The number of nitrogens with zero attached hydrogens (tertiary/aromatic N) is 1. The van der Waals surface area contributed by atoms with Crippen LogP contribution in [-0.4, -0.2) is 23.8 Å². The number of hydrogen-bond donors (Lipinski definition) is 0. The summed E-state index contributed by atoms with van der Waals surface area (Å²) in [5.74, 6) is -5.62. The van der Waals surface area contributed by atoms with Crippen LogP contribution in [0.4, 0.5) is 13.2 Å². The Labute approximate surface area is 101 Å². The van der Waals surface area contributed by atoms with Gasteiger partial charge in [0.25, 0.3) is 0 Å². The molecule has 0 radical (unpaired) electrons. The number of amides is 2. The van der Waals surface area contributed by atoms with E-state index in [0.717, 1.165) is 17.0 Å². The molecule has 1 unspecified atom stereocenters. The highest BCUT2D eigenvalue weighted by Crippen LogP contribution is 2.25. The van der Waals surface area contributed by atoms with Crippen LogP contribution in [0.3, 0.4) is 0 Å². The van der Waals surface area contributed by atoms with E-state index in [0.29, 0.717) is 0 Å². The lowest BCUT2D eigenvalue weighted by atomic mass is 9.97. The molecular formula is C12H10F3NO2. The van der Waals surface area contributed by atoms with Gasteiger partial charge in [0.1, 0.15) is 0 Å². The Kier molecular flexibility index (Phi) is 3.11. The third-order valence-corrected chi connectivity index (χ3v) is 3.06. The van der Waals surface area contributed by atoms with Gasteiger partial charge in [-0.05, 0) is 18.1 Å². The summed E-state index contributed by atoms with van der Waals surface area (Å²) in [4.78, 5) is 23.8. The van der Waals surface area contributed by atoms with Crippen molar-refractivity contribution in [2.24, 2.45) is 5.92 Å². The van der Waals surface area contributed by atoms with Gasteiger partial charge in [0.2, 0.25) is 11.8 Å². The summed E-state index contributed by atoms with van der Waals surface area (Å²) in [6, 6.07) is 1.89.